The molecule has 9 heteroatoms. The molecule has 0 bridgehead atoms. The van der Waals surface area contributed by atoms with Crippen LogP contribution in [0.15, 0.2) is 24.3 Å². The zero-order valence-electron chi connectivity index (χ0n) is 12.6. The number of Topliss-reactive ketones (excluding diaryl/α,β-unsaturated/α-hetero) is 1. The first-order valence-electron chi connectivity index (χ1n) is 6.97. The van der Waals surface area contributed by atoms with Crippen LogP contribution < -0.4 is 5.32 Å². The van der Waals surface area contributed by atoms with Crippen molar-refractivity contribution in [1.29, 1.82) is 0 Å². The van der Waals surface area contributed by atoms with Gasteiger partial charge in [-0.05, 0) is 24.1 Å². The molecule has 0 aromatic heterocycles. The Labute approximate surface area is 136 Å². The Hall–Kier alpha value is -2.90. The molecule has 0 aliphatic rings. The molecule has 2 N–H and O–H groups in total. The predicted octanol–water partition coefficient (Wildman–Crippen LogP) is 0.562. The van der Waals surface area contributed by atoms with Crippen molar-refractivity contribution in [1.82, 2.24) is 5.32 Å². The van der Waals surface area contributed by atoms with E-state index in [0.717, 1.165) is 0 Å². The number of rotatable bonds is 10. The fourth-order valence-corrected chi connectivity index (χ4v) is 1.75. The first kappa shape index (κ1) is 19.1. The smallest absolute Gasteiger partial charge is 0.326 e. The van der Waals surface area contributed by atoms with Crippen molar-refractivity contribution >= 4 is 23.9 Å². The molecule has 1 rings (SSSR count). The Morgan fingerprint density at radius 3 is 2.58 bits per heavy atom. The maximum absolute atomic E-state index is 12.7. The van der Waals surface area contributed by atoms with E-state index in [1.807, 2.05) is 0 Å². The van der Waals surface area contributed by atoms with Gasteiger partial charge in [0.05, 0.1) is 6.61 Å². The van der Waals surface area contributed by atoms with Crippen molar-refractivity contribution < 1.29 is 33.4 Å². The van der Waals surface area contributed by atoms with Gasteiger partial charge in [-0.15, -0.1) is 0 Å². The minimum Gasteiger partial charge on any atom is -0.480 e. The largest absolute Gasteiger partial charge is 0.480 e. The zero-order valence-corrected chi connectivity index (χ0v) is 12.6. The number of carboxylic acids is 1. The molecule has 1 aromatic rings. The van der Waals surface area contributed by atoms with Gasteiger partial charge in [-0.1, -0.05) is 12.1 Å². The second-order valence-corrected chi connectivity index (χ2v) is 4.83. The second-order valence-electron chi connectivity index (χ2n) is 4.83. The van der Waals surface area contributed by atoms with Crippen LogP contribution >= 0.6 is 0 Å². The molecule has 1 amide bonds. The van der Waals surface area contributed by atoms with Gasteiger partial charge in [0, 0.05) is 6.42 Å². The second kappa shape index (κ2) is 9.98. The molecule has 0 aliphatic carbocycles. The van der Waals surface area contributed by atoms with Crippen LogP contribution in [-0.4, -0.2) is 46.4 Å². The molecule has 0 radical (unpaired) electrons. The van der Waals surface area contributed by atoms with Gasteiger partial charge in [0.25, 0.3) is 0 Å². The molecule has 1 aromatic carbocycles. The molecule has 24 heavy (non-hydrogen) atoms. The van der Waals surface area contributed by atoms with Crippen LogP contribution in [-0.2, 0) is 25.7 Å². The summed E-state index contributed by atoms with van der Waals surface area (Å²) in [6.07, 6.45) is 0.314. The van der Waals surface area contributed by atoms with Gasteiger partial charge in [0.2, 0.25) is 11.7 Å². The van der Waals surface area contributed by atoms with Crippen molar-refractivity contribution in [2.75, 3.05) is 6.61 Å². The van der Waals surface area contributed by atoms with Crippen molar-refractivity contribution in [2.45, 2.75) is 25.5 Å². The number of carboxylic acid groups (broad SMARTS) is 1. The Morgan fingerprint density at radius 1 is 1.33 bits per heavy atom. The number of carbonyl (C=O) groups excluding carboxylic acids is 2. The number of hydrogen-bond acceptors (Lipinski definition) is 4. The number of amides is 1. The molecule has 0 saturated heterocycles. The van der Waals surface area contributed by atoms with Crippen LogP contribution in [0.25, 0.3) is 5.53 Å². The van der Waals surface area contributed by atoms with Gasteiger partial charge >= 0.3 is 12.2 Å². The van der Waals surface area contributed by atoms with Crippen LogP contribution in [0.4, 0.5) is 4.39 Å². The molecule has 128 valence electrons. The minimum absolute atomic E-state index is 0.0664. The quantitative estimate of drug-likeness (QED) is 0.366. The lowest BCUT2D eigenvalue weighted by molar-refractivity contribution is -0.143. The molecule has 0 aliphatic heterocycles. The summed E-state index contributed by atoms with van der Waals surface area (Å²) in [6, 6.07) is 4.25. The summed E-state index contributed by atoms with van der Waals surface area (Å²) in [5.74, 6) is -2.91. The molecular formula is C15H16FN3O5. The van der Waals surface area contributed by atoms with Crippen LogP contribution in [0, 0.1) is 5.82 Å². The summed E-state index contributed by atoms with van der Waals surface area (Å²) in [6.45, 7) is -0.315. The normalized spacial score (nSPS) is 11.2. The van der Waals surface area contributed by atoms with Gasteiger partial charge in [0.1, 0.15) is 18.5 Å². The highest BCUT2D eigenvalue weighted by molar-refractivity contribution is 6.25. The Kier molecular flexibility index (Phi) is 7.97. The Morgan fingerprint density at radius 2 is 2.00 bits per heavy atom. The average Bonchev–Trinajstić information content (AvgIpc) is 2.53. The average molecular weight is 337 g/mol. The third-order valence-electron chi connectivity index (χ3n) is 2.93. The lowest BCUT2D eigenvalue weighted by atomic mass is 10.1. The topological polar surface area (TPSA) is 129 Å². The van der Waals surface area contributed by atoms with E-state index < -0.39 is 23.7 Å². The number of benzene rings is 1. The van der Waals surface area contributed by atoms with Gasteiger partial charge in [-0.3, -0.25) is 9.59 Å². The summed E-state index contributed by atoms with van der Waals surface area (Å²) in [5, 5.41) is 11.2. The predicted molar refractivity (Wildman–Crippen MR) is 79.5 cm³/mol. The number of ketones is 1. The highest BCUT2D eigenvalue weighted by Gasteiger charge is 2.21. The van der Waals surface area contributed by atoms with Crippen molar-refractivity contribution in [3.05, 3.63) is 41.2 Å². The standard InChI is InChI=1S/C15H16FN3O5/c16-11-3-1-10(2-4-11)8-24-9-14(21)19-13(15(22)23)6-5-12(20)7-18-17/h1-4,7,13H,5-6,8-9H2,(H,19,21)(H,22,23). The first-order valence-corrected chi connectivity index (χ1v) is 6.97. The van der Waals surface area contributed by atoms with Crippen LogP contribution in [0.5, 0.6) is 0 Å². The fourth-order valence-electron chi connectivity index (χ4n) is 1.75. The molecule has 0 heterocycles. The number of nitrogens with zero attached hydrogens (tertiary/aromatic N) is 2. The van der Waals surface area contributed by atoms with Gasteiger partial charge in [-0.25, -0.2) is 9.18 Å². The maximum Gasteiger partial charge on any atom is 0.326 e. The Bertz CT molecular complexity index is 641. The minimum atomic E-state index is -1.30. The lowest BCUT2D eigenvalue weighted by Gasteiger charge is -2.13. The fraction of sp³-hybridized carbons (Fsp3) is 0.333. The first-order chi connectivity index (χ1) is 11.4. The molecule has 0 fully saturated rings. The highest BCUT2D eigenvalue weighted by atomic mass is 19.1. The summed E-state index contributed by atoms with van der Waals surface area (Å²) in [7, 11) is 0. The third-order valence-corrected chi connectivity index (χ3v) is 2.93. The molecule has 1 unspecified atom stereocenters. The van der Waals surface area contributed by atoms with E-state index in [-0.39, 0.29) is 31.9 Å². The van der Waals surface area contributed by atoms with E-state index in [4.69, 9.17) is 15.4 Å². The van der Waals surface area contributed by atoms with E-state index in [1.165, 1.54) is 24.3 Å². The molecule has 0 saturated carbocycles. The summed E-state index contributed by atoms with van der Waals surface area (Å²) < 4.78 is 17.8. The van der Waals surface area contributed by atoms with Gasteiger partial charge < -0.3 is 20.7 Å². The highest BCUT2D eigenvalue weighted by Crippen LogP contribution is 2.04. The molecule has 1 atom stereocenters. The SMILES string of the molecule is [N-]=[N+]=CC(=O)CCC(NC(=O)COCc1ccc(F)cc1)C(=O)O. The van der Waals surface area contributed by atoms with E-state index >= 15 is 0 Å². The lowest BCUT2D eigenvalue weighted by Crippen LogP contribution is -2.42. The van der Waals surface area contributed by atoms with Crippen LogP contribution in [0.2, 0.25) is 0 Å². The number of nitrogens with one attached hydrogen (secondary N) is 1. The van der Waals surface area contributed by atoms with Gasteiger partial charge in [0.15, 0.2) is 0 Å². The van der Waals surface area contributed by atoms with Crippen molar-refractivity contribution in [2.24, 2.45) is 0 Å². The number of hydrogen-bond donors (Lipinski definition) is 2. The summed E-state index contributed by atoms with van der Waals surface area (Å²) in [4.78, 5) is 36.4. The number of halogens is 1. The van der Waals surface area contributed by atoms with Crippen LogP contribution in [0.1, 0.15) is 18.4 Å². The molecule has 8 nitrogen and oxygen atoms in total. The van der Waals surface area contributed by atoms with E-state index in [9.17, 15) is 18.8 Å². The summed E-state index contributed by atoms with van der Waals surface area (Å²) >= 11 is 0. The number of ether oxygens (including phenoxy) is 1. The monoisotopic (exact) mass is 337 g/mol. The zero-order chi connectivity index (χ0) is 17.9. The van der Waals surface area contributed by atoms with Crippen molar-refractivity contribution in [3.63, 3.8) is 0 Å². The van der Waals surface area contributed by atoms with Crippen LogP contribution in [0.3, 0.4) is 0 Å². The van der Waals surface area contributed by atoms with E-state index in [0.29, 0.717) is 11.8 Å². The van der Waals surface area contributed by atoms with Gasteiger partial charge in [-0.2, -0.15) is 4.79 Å². The van der Waals surface area contributed by atoms with Crippen molar-refractivity contribution in [3.8, 4) is 0 Å². The van der Waals surface area contributed by atoms with E-state index in [2.05, 4.69) is 10.1 Å². The Balaban J connectivity index is 2.39. The molecule has 0 spiro atoms. The number of aliphatic carboxylic acids is 1. The molecular weight excluding hydrogens is 321 g/mol. The maximum atomic E-state index is 12.7. The summed E-state index contributed by atoms with van der Waals surface area (Å²) in [5.41, 5.74) is 8.85. The van der Waals surface area contributed by atoms with E-state index in [1.54, 1.807) is 0 Å². The third kappa shape index (κ3) is 7.39. The number of carbonyl (C=O) groups is 3.